The lowest BCUT2D eigenvalue weighted by Gasteiger charge is -2.28. The van der Waals surface area contributed by atoms with Gasteiger partial charge in [0.05, 0.1) is 0 Å². The molecule has 0 unspecified atom stereocenters. The standard InChI is InChI=1S/C25H40N2/c1-3-10-20-18(8-1)16-24-22(20)12-5-6-13-23-21-11-4-2-9-19(21)17-25(23)27-15-7-14-26-24/h5-6,12-13,18-27H,1-4,7-11,14-17H2/t18-,19-,20+,21+,22-,23-,24+,25+/m0/s1. The molecule has 5 rings (SSSR count). The summed E-state index contributed by atoms with van der Waals surface area (Å²) in [6.45, 7) is 2.39. The van der Waals surface area contributed by atoms with E-state index >= 15 is 0 Å². The smallest absolute Gasteiger partial charge is 0.0135 e. The molecule has 0 aromatic heterocycles. The number of hydrogen-bond donors (Lipinski definition) is 2. The average Bonchev–Trinajstić information content (AvgIpc) is 3.22. The molecule has 0 bridgehead atoms. The maximum Gasteiger partial charge on any atom is 0.0135 e. The Bertz CT molecular complexity index is 505. The first kappa shape index (κ1) is 18.4. The van der Waals surface area contributed by atoms with Crippen molar-refractivity contribution in [3.05, 3.63) is 24.3 Å². The fourth-order valence-corrected chi connectivity index (χ4v) is 7.68. The lowest BCUT2D eigenvalue weighted by molar-refractivity contribution is 0.247. The van der Waals surface area contributed by atoms with Crippen molar-refractivity contribution in [1.82, 2.24) is 10.6 Å². The van der Waals surface area contributed by atoms with E-state index in [0.717, 1.165) is 47.6 Å². The van der Waals surface area contributed by atoms with Gasteiger partial charge in [-0.3, -0.25) is 0 Å². The van der Waals surface area contributed by atoms with Crippen LogP contribution >= 0.6 is 0 Å². The minimum absolute atomic E-state index is 0.728. The first-order valence-corrected chi connectivity index (χ1v) is 12.2. The topological polar surface area (TPSA) is 24.1 Å². The van der Waals surface area contributed by atoms with Gasteiger partial charge in [-0.2, -0.15) is 0 Å². The van der Waals surface area contributed by atoms with Gasteiger partial charge in [-0.25, -0.2) is 0 Å². The Morgan fingerprint density at radius 1 is 0.556 bits per heavy atom. The highest BCUT2D eigenvalue weighted by Crippen LogP contribution is 2.48. The summed E-state index contributed by atoms with van der Waals surface area (Å²) in [6, 6.07) is 1.46. The number of rotatable bonds is 0. The third kappa shape index (κ3) is 3.81. The fraction of sp³-hybridized carbons (Fsp3) is 0.840. The lowest BCUT2D eigenvalue weighted by atomic mass is 9.77. The zero-order valence-corrected chi connectivity index (χ0v) is 17.1. The monoisotopic (exact) mass is 368 g/mol. The van der Waals surface area contributed by atoms with E-state index in [1.807, 2.05) is 0 Å². The summed E-state index contributed by atoms with van der Waals surface area (Å²) < 4.78 is 0. The zero-order valence-electron chi connectivity index (χ0n) is 17.1. The average molecular weight is 369 g/mol. The summed E-state index contributed by atoms with van der Waals surface area (Å²) in [5, 5.41) is 7.94. The predicted octanol–water partition coefficient (Wildman–Crippen LogP) is 5.07. The molecule has 150 valence electrons. The number of fused-ring (bicyclic) bond motifs is 6. The molecule has 0 aromatic carbocycles. The summed E-state index contributed by atoms with van der Waals surface area (Å²) in [7, 11) is 0. The molecular weight excluding hydrogens is 328 g/mol. The summed E-state index contributed by atoms with van der Waals surface area (Å²) in [5.41, 5.74) is 0. The van der Waals surface area contributed by atoms with Crippen LogP contribution < -0.4 is 10.6 Å². The molecule has 4 saturated carbocycles. The quantitative estimate of drug-likeness (QED) is 0.624. The van der Waals surface area contributed by atoms with E-state index in [1.165, 1.54) is 83.7 Å². The predicted molar refractivity (Wildman–Crippen MR) is 114 cm³/mol. The van der Waals surface area contributed by atoms with Crippen LogP contribution in [0.25, 0.3) is 0 Å². The van der Waals surface area contributed by atoms with E-state index in [4.69, 9.17) is 0 Å². The van der Waals surface area contributed by atoms with Gasteiger partial charge in [0.15, 0.2) is 0 Å². The van der Waals surface area contributed by atoms with Crippen LogP contribution in [0.4, 0.5) is 0 Å². The van der Waals surface area contributed by atoms with Crippen molar-refractivity contribution >= 4 is 0 Å². The zero-order chi connectivity index (χ0) is 18.1. The molecule has 27 heavy (non-hydrogen) atoms. The summed E-state index contributed by atoms with van der Waals surface area (Å²) >= 11 is 0. The molecule has 2 nitrogen and oxygen atoms in total. The van der Waals surface area contributed by atoms with Gasteiger partial charge in [0.25, 0.3) is 0 Å². The molecule has 0 amide bonds. The molecule has 5 aliphatic rings. The van der Waals surface area contributed by atoms with E-state index in [-0.39, 0.29) is 0 Å². The van der Waals surface area contributed by atoms with Crippen LogP contribution in [0.3, 0.4) is 0 Å². The van der Waals surface area contributed by atoms with Crippen molar-refractivity contribution in [2.45, 2.75) is 82.7 Å². The van der Waals surface area contributed by atoms with Crippen LogP contribution in [0.2, 0.25) is 0 Å². The highest BCUT2D eigenvalue weighted by Gasteiger charge is 2.43. The largest absolute Gasteiger partial charge is 0.313 e. The Labute approximate surface area is 166 Å². The van der Waals surface area contributed by atoms with Crippen molar-refractivity contribution < 1.29 is 0 Å². The van der Waals surface area contributed by atoms with E-state index < -0.39 is 0 Å². The Balaban J connectivity index is 1.33. The Morgan fingerprint density at radius 3 is 1.56 bits per heavy atom. The molecule has 1 aliphatic heterocycles. The van der Waals surface area contributed by atoms with Gasteiger partial charge in [-0.15, -0.1) is 0 Å². The van der Waals surface area contributed by atoms with E-state index in [0.29, 0.717) is 0 Å². The molecule has 8 atom stereocenters. The second-order valence-corrected chi connectivity index (χ2v) is 10.3. The minimum atomic E-state index is 0.728. The van der Waals surface area contributed by atoms with E-state index in [9.17, 15) is 0 Å². The van der Waals surface area contributed by atoms with Crippen molar-refractivity contribution in [3.63, 3.8) is 0 Å². The van der Waals surface area contributed by atoms with Crippen molar-refractivity contribution in [3.8, 4) is 0 Å². The second-order valence-electron chi connectivity index (χ2n) is 10.3. The molecule has 2 N–H and O–H groups in total. The molecule has 0 aromatic rings. The van der Waals surface area contributed by atoms with Gasteiger partial charge in [0, 0.05) is 12.1 Å². The molecule has 0 radical (unpaired) electrons. The number of allylic oxidation sites excluding steroid dienone is 2. The SMILES string of the molecule is C1=C[C@H]2[C@@H]3CCCC[C@H]3C[C@H]2NCCCN[C@@H]2C[C@@H]3CCCC[C@H]3[C@@H]2C=C1. The molecule has 4 fully saturated rings. The first-order valence-electron chi connectivity index (χ1n) is 12.2. The van der Waals surface area contributed by atoms with Gasteiger partial charge in [-0.05, 0) is 80.7 Å². The van der Waals surface area contributed by atoms with Gasteiger partial charge in [-0.1, -0.05) is 62.8 Å². The number of hydrogen-bond acceptors (Lipinski definition) is 2. The molecule has 0 saturated heterocycles. The normalized spacial score (nSPS) is 47.7. The van der Waals surface area contributed by atoms with Crippen LogP contribution in [0.15, 0.2) is 24.3 Å². The molecule has 0 spiro atoms. The maximum absolute atomic E-state index is 3.97. The van der Waals surface area contributed by atoms with Crippen LogP contribution in [0.1, 0.15) is 70.6 Å². The van der Waals surface area contributed by atoms with Crippen LogP contribution in [-0.2, 0) is 0 Å². The van der Waals surface area contributed by atoms with Crippen molar-refractivity contribution in [1.29, 1.82) is 0 Å². The third-order valence-electron chi connectivity index (χ3n) is 8.91. The summed E-state index contributed by atoms with van der Waals surface area (Å²) in [6.07, 6.45) is 26.0. The highest BCUT2D eigenvalue weighted by molar-refractivity contribution is 5.15. The molecule has 4 aliphatic carbocycles. The Hall–Kier alpha value is -0.600. The second kappa shape index (κ2) is 8.41. The minimum Gasteiger partial charge on any atom is -0.313 e. The summed E-state index contributed by atoms with van der Waals surface area (Å²) in [4.78, 5) is 0. The van der Waals surface area contributed by atoms with Gasteiger partial charge in [0.2, 0.25) is 0 Å². The summed E-state index contributed by atoms with van der Waals surface area (Å²) in [5.74, 6) is 5.43. The van der Waals surface area contributed by atoms with E-state index in [2.05, 4.69) is 34.9 Å². The van der Waals surface area contributed by atoms with Gasteiger partial charge >= 0.3 is 0 Å². The molecule has 1 heterocycles. The fourth-order valence-electron chi connectivity index (χ4n) is 7.68. The number of nitrogens with one attached hydrogen (secondary N) is 2. The van der Waals surface area contributed by atoms with Crippen molar-refractivity contribution in [2.24, 2.45) is 35.5 Å². The van der Waals surface area contributed by atoms with E-state index in [1.54, 1.807) is 0 Å². The van der Waals surface area contributed by atoms with Gasteiger partial charge < -0.3 is 10.6 Å². The van der Waals surface area contributed by atoms with Crippen LogP contribution in [0, 0.1) is 35.5 Å². The van der Waals surface area contributed by atoms with Gasteiger partial charge in [0.1, 0.15) is 0 Å². The lowest BCUT2D eigenvalue weighted by Crippen LogP contribution is -2.37. The molecular formula is C25H40N2. The third-order valence-corrected chi connectivity index (χ3v) is 8.91. The molecule has 2 heteroatoms. The highest BCUT2D eigenvalue weighted by atomic mass is 15.0. The first-order chi connectivity index (χ1) is 13.4. The Morgan fingerprint density at radius 2 is 1.04 bits per heavy atom. The van der Waals surface area contributed by atoms with Crippen LogP contribution in [-0.4, -0.2) is 25.2 Å². The van der Waals surface area contributed by atoms with Crippen LogP contribution in [0.5, 0.6) is 0 Å². The maximum atomic E-state index is 3.97. The Kier molecular flexibility index (Phi) is 5.74. The van der Waals surface area contributed by atoms with Crippen molar-refractivity contribution in [2.75, 3.05) is 13.1 Å².